The molecule has 0 radical (unpaired) electrons. The second-order valence-corrected chi connectivity index (χ2v) is 8.14. The Labute approximate surface area is 181 Å². The van der Waals surface area contributed by atoms with Gasteiger partial charge in [0.05, 0.1) is 24.1 Å². The van der Waals surface area contributed by atoms with Crippen LogP contribution < -0.4 is 26.0 Å². The van der Waals surface area contributed by atoms with Gasteiger partial charge < -0.3 is 19.8 Å². The Balaban J connectivity index is 1.73. The van der Waals surface area contributed by atoms with Crippen molar-refractivity contribution in [1.82, 2.24) is 14.9 Å². The highest BCUT2D eigenvalue weighted by atomic mass is 16.5. The summed E-state index contributed by atoms with van der Waals surface area (Å²) in [6.07, 6.45) is 5.21. The third-order valence-corrected chi connectivity index (χ3v) is 5.89. The number of hydrogen-bond acceptors (Lipinski definition) is 5. The van der Waals surface area contributed by atoms with Crippen LogP contribution in [0.25, 0.3) is 10.9 Å². The normalized spacial score (nSPS) is 18.7. The lowest BCUT2D eigenvalue weighted by molar-refractivity contribution is -0.122. The first-order chi connectivity index (χ1) is 14.9. The first-order valence-corrected chi connectivity index (χ1v) is 11.3. The van der Waals surface area contributed by atoms with E-state index in [4.69, 9.17) is 9.47 Å². The second-order valence-electron chi connectivity index (χ2n) is 8.14. The Hall–Kier alpha value is -2.77. The van der Waals surface area contributed by atoms with Gasteiger partial charge in [-0.1, -0.05) is 19.8 Å². The number of fused-ring (bicyclic) bond motifs is 1. The van der Waals surface area contributed by atoms with Gasteiger partial charge >= 0.3 is 5.69 Å². The predicted octanol–water partition coefficient (Wildman–Crippen LogP) is 2.96. The van der Waals surface area contributed by atoms with Gasteiger partial charge in [-0.2, -0.15) is 0 Å². The van der Waals surface area contributed by atoms with Crippen LogP contribution in [0.3, 0.4) is 0 Å². The van der Waals surface area contributed by atoms with Crippen LogP contribution in [-0.2, 0) is 11.3 Å². The molecule has 2 N–H and O–H groups in total. The van der Waals surface area contributed by atoms with Crippen LogP contribution in [0.15, 0.2) is 21.7 Å². The molecule has 0 saturated heterocycles. The van der Waals surface area contributed by atoms with Gasteiger partial charge in [0.1, 0.15) is 0 Å². The molecule has 0 bridgehead atoms. The smallest absolute Gasteiger partial charge is 0.328 e. The third kappa shape index (κ3) is 5.48. The van der Waals surface area contributed by atoms with Gasteiger partial charge in [-0.25, -0.2) is 4.79 Å². The minimum atomic E-state index is -0.495. The molecule has 170 valence electrons. The maximum Gasteiger partial charge on any atom is 0.328 e. The molecule has 0 unspecified atom stereocenters. The van der Waals surface area contributed by atoms with Crippen LogP contribution >= 0.6 is 0 Å². The van der Waals surface area contributed by atoms with Crippen molar-refractivity contribution in [3.8, 4) is 11.5 Å². The molecule has 1 aliphatic rings. The average molecular weight is 432 g/mol. The summed E-state index contributed by atoms with van der Waals surface area (Å²) in [6.45, 7) is 6.92. The van der Waals surface area contributed by atoms with Crippen molar-refractivity contribution in [3.63, 3.8) is 0 Å². The lowest BCUT2D eigenvalue weighted by Crippen LogP contribution is -2.41. The van der Waals surface area contributed by atoms with Crippen LogP contribution in [0.5, 0.6) is 11.5 Å². The van der Waals surface area contributed by atoms with Crippen molar-refractivity contribution in [3.05, 3.63) is 33.0 Å². The van der Waals surface area contributed by atoms with Gasteiger partial charge in [-0.05, 0) is 45.1 Å². The molecule has 0 aliphatic heterocycles. The lowest BCUT2D eigenvalue weighted by Gasteiger charge is -2.29. The maximum absolute atomic E-state index is 13.0. The summed E-state index contributed by atoms with van der Waals surface area (Å²) in [5, 5.41) is 3.46. The minimum absolute atomic E-state index is 0.0241. The molecule has 1 aromatic heterocycles. The van der Waals surface area contributed by atoms with Crippen molar-refractivity contribution in [1.29, 1.82) is 0 Å². The number of H-pyrrole nitrogens is 1. The van der Waals surface area contributed by atoms with Crippen molar-refractivity contribution in [2.45, 2.75) is 71.9 Å². The zero-order valence-electron chi connectivity index (χ0n) is 18.7. The first kappa shape index (κ1) is 22.9. The van der Waals surface area contributed by atoms with Crippen molar-refractivity contribution in [2.24, 2.45) is 5.92 Å². The second kappa shape index (κ2) is 10.5. The number of carbonyl (C=O) groups is 1. The van der Waals surface area contributed by atoms with Gasteiger partial charge in [0, 0.05) is 25.1 Å². The van der Waals surface area contributed by atoms with E-state index >= 15 is 0 Å². The average Bonchev–Trinajstić information content (AvgIpc) is 2.73. The monoisotopic (exact) mass is 431 g/mol. The topological polar surface area (TPSA) is 102 Å². The number of nitrogens with one attached hydrogen (secondary N) is 2. The Morgan fingerprint density at radius 2 is 1.81 bits per heavy atom. The summed E-state index contributed by atoms with van der Waals surface area (Å²) in [5.41, 5.74) is -0.489. The zero-order valence-corrected chi connectivity index (χ0v) is 18.7. The molecule has 2 aromatic rings. The molecule has 0 spiro atoms. The van der Waals surface area contributed by atoms with E-state index in [0.717, 1.165) is 23.8 Å². The van der Waals surface area contributed by atoms with E-state index in [0.29, 0.717) is 48.0 Å². The first-order valence-electron chi connectivity index (χ1n) is 11.3. The van der Waals surface area contributed by atoms with E-state index in [2.05, 4.69) is 17.2 Å². The summed E-state index contributed by atoms with van der Waals surface area (Å²) in [4.78, 5) is 40.5. The molecule has 3 rings (SSSR count). The number of ether oxygens (including phenoxy) is 2. The number of rotatable bonds is 9. The number of nitrogens with zero attached hydrogens (tertiary/aromatic N) is 1. The molecule has 2 atom stereocenters. The van der Waals surface area contributed by atoms with Crippen LogP contribution in [0, 0.1) is 5.92 Å². The molecule has 8 nitrogen and oxygen atoms in total. The summed E-state index contributed by atoms with van der Waals surface area (Å²) in [5.74, 6) is 1.42. The fourth-order valence-electron chi connectivity index (χ4n) is 4.21. The maximum atomic E-state index is 13.0. The van der Waals surface area contributed by atoms with E-state index in [1.807, 2.05) is 13.8 Å². The van der Waals surface area contributed by atoms with Gasteiger partial charge in [0.25, 0.3) is 5.56 Å². The number of carbonyl (C=O) groups excluding carboxylic acids is 1. The van der Waals surface area contributed by atoms with E-state index in [1.54, 1.807) is 12.1 Å². The summed E-state index contributed by atoms with van der Waals surface area (Å²) in [6, 6.07) is 3.45. The fraction of sp³-hybridized carbons (Fsp3) is 0.609. The molecular weight excluding hydrogens is 398 g/mol. The summed E-state index contributed by atoms with van der Waals surface area (Å²) >= 11 is 0. The Morgan fingerprint density at radius 1 is 1.13 bits per heavy atom. The number of aromatic nitrogens is 2. The van der Waals surface area contributed by atoms with Crippen LogP contribution in [0.4, 0.5) is 0 Å². The minimum Gasteiger partial charge on any atom is -0.490 e. The highest BCUT2D eigenvalue weighted by Crippen LogP contribution is 2.30. The standard InChI is InChI=1S/C23H33N3O5/c1-4-30-19-13-16-18(14-20(19)31-5-2)25-23(29)26(22(16)28)12-8-11-21(27)24-17-10-7-6-9-15(17)3/h13-15,17H,4-12H2,1-3H3,(H,24,27)(H,25,29)/t15-,17+/m1/s1. The fourth-order valence-corrected chi connectivity index (χ4v) is 4.21. The van der Waals surface area contributed by atoms with Crippen LogP contribution in [0.2, 0.25) is 0 Å². The lowest BCUT2D eigenvalue weighted by atomic mass is 9.86. The van der Waals surface area contributed by atoms with Gasteiger partial charge in [-0.15, -0.1) is 0 Å². The van der Waals surface area contributed by atoms with E-state index < -0.39 is 11.2 Å². The Bertz CT molecular complexity index is 1030. The highest BCUT2D eigenvalue weighted by Gasteiger charge is 2.22. The summed E-state index contributed by atoms with van der Waals surface area (Å²) in [7, 11) is 0. The zero-order chi connectivity index (χ0) is 22.4. The predicted molar refractivity (Wildman–Crippen MR) is 120 cm³/mol. The number of amides is 1. The van der Waals surface area contributed by atoms with Crippen molar-refractivity contribution in [2.75, 3.05) is 13.2 Å². The van der Waals surface area contributed by atoms with Crippen molar-refractivity contribution >= 4 is 16.8 Å². The van der Waals surface area contributed by atoms with Gasteiger partial charge in [0.2, 0.25) is 5.91 Å². The SMILES string of the molecule is CCOc1cc2[nH]c(=O)n(CCCC(=O)N[C@H]3CCCC[C@H]3C)c(=O)c2cc1OCC. The summed E-state index contributed by atoms with van der Waals surface area (Å²) < 4.78 is 12.3. The van der Waals surface area contributed by atoms with Gasteiger partial charge in [-0.3, -0.25) is 14.2 Å². The molecule has 1 fully saturated rings. The highest BCUT2D eigenvalue weighted by molar-refractivity contribution is 5.81. The third-order valence-electron chi connectivity index (χ3n) is 5.89. The molecule has 31 heavy (non-hydrogen) atoms. The molecule has 1 amide bonds. The Morgan fingerprint density at radius 3 is 2.48 bits per heavy atom. The Kier molecular flexibility index (Phi) is 7.76. The van der Waals surface area contributed by atoms with E-state index in [-0.39, 0.29) is 24.9 Å². The largest absolute Gasteiger partial charge is 0.490 e. The number of aromatic amines is 1. The van der Waals surface area contributed by atoms with Crippen molar-refractivity contribution < 1.29 is 14.3 Å². The molecular formula is C23H33N3O5. The van der Waals surface area contributed by atoms with E-state index in [1.165, 1.54) is 6.42 Å². The number of hydrogen-bond donors (Lipinski definition) is 2. The van der Waals surface area contributed by atoms with Gasteiger partial charge in [0.15, 0.2) is 11.5 Å². The van der Waals surface area contributed by atoms with E-state index in [9.17, 15) is 14.4 Å². The van der Waals surface area contributed by atoms with Crippen LogP contribution in [-0.4, -0.2) is 34.7 Å². The molecule has 1 aromatic carbocycles. The number of benzene rings is 1. The molecule has 1 saturated carbocycles. The molecule has 1 heterocycles. The molecule has 1 aliphatic carbocycles. The quantitative estimate of drug-likeness (QED) is 0.635. The molecule has 8 heteroatoms. The van der Waals surface area contributed by atoms with Crippen LogP contribution in [0.1, 0.15) is 59.3 Å².